The van der Waals surface area contributed by atoms with Crippen LogP contribution in [0, 0.1) is 35.5 Å². The standard InChI is InChI=1S/C24H41F/c25-24-17-22(15-16-23(24)21-9-5-2-6-10-21)20-13-11-19(12-14-20)18-7-3-1-4-8-18/h18-24H,1-17H2. The van der Waals surface area contributed by atoms with Gasteiger partial charge in [0.25, 0.3) is 0 Å². The molecule has 1 heteroatoms. The topological polar surface area (TPSA) is 0 Å². The predicted molar refractivity (Wildman–Crippen MR) is 104 cm³/mol. The zero-order valence-electron chi connectivity index (χ0n) is 16.4. The Morgan fingerprint density at radius 2 is 0.840 bits per heavy atom. The lowest BCUT2D eigenvalue weighted by molar-refractivity contribution is 0.0339. The van der Waals surface area contributed by atoms with Gasteiger partial charge in [0.15, 0.2) is 0 Å². The monoisotopic (exact) mass is 348 g/mol. The fourth-order valence-corrected chi connectivity index (χ4v) is 7.38. The molecule has 3 atom stereocenters. The molecular formula is C24H41F. The summed E-state index contributed by atoms with van der Waals surface area (Å²) in [6, 6.07) is 0. The van der Waals surface area contributed by atoms with E-state index < -0.39 is 6.17 Å². The summed E-state index contributed by atoms with van der Waals surface area (Å²) in [6.45, 7) is 0. The molecule has 0 heterocycles. The van der Waals surface area contributed by atoms with Crippen LogP contribution in [0.4, 0.5) is 4.39 Å². The Bertz CT molecular complexity index is 385. The second-order valence-corrected chi connectivity index (χ2v) is 10.2. The Kier molecular flexibility index (Phi) is 6.40. The minimum absolute atomic E-state index is 0.426. The second-order valence-electron chi connectivity index (χ2n) is 10.2. The molecule has 4 rings (SSSR count). The summed E-state index contributed by atoms with van der Waals surface area (Å²) in [5.74, 6) is 4.82. The van der Waals surface area contributed by atoms with Crippen LogP contribution in [0.15, 0.2) is 0 Å². The Hall–Kier alpha value is -0.0700. The van der Waals surface area contributed by atoms with Crippen molar-refractivity contribution in [1.29, 1.82) is 0 Å². The van der Waals surface area contributed by atoms with Gasteiger partial charge in [0, 0.05) is 0 Å². The van der Waals surface area contributed by atoms with Crippen molar-refractivity contribution in [2.75, 3.05) is 0 Å². The fraction of sp³-hybridized carbons (Fsp3) is 1.00. The first-order valence-corrected chi connectivity index (χ1v) is 12.0. The third-order valence-corrected chi connectivity index (χ3v) is 8.92. The van der Waals surface area contributed by atoms with E-state index in [4.69, 9.17) is 0 Å². The van der Waals surface area contributed by atoms with E-state index in [9.17, 15) is 0 Å². The van der Waals surface area contributed by atoms with Gasteiger partial charge in [0.1, 0.15) is 6.17 Å². The molecule has 0 aromatic rings. The smallest absolute Gasteiger partial charge is 0.103 e. The van der Waals surface area contributed by atoms with Crippen LogP contribution < -0.4 is 0 Å². The van der Waals surface area contributed by atoms with Crippen molar-refractivity contribution in [3.8, 4) is 0 Å². The summed E-state index contributed by atoms with van der Waals surface area (Å²) in [6.07, 6.45) is 23.0. The molecule has 0 amide bonds. The molecule has 0 aliphatic heterocycles. The van der Waals surface area contributed by atoms with E-state index in [0.29, 0.717) is 5.92 Å². The molecule has 0 aromatic carbocycles. The van der Waals surface area contributed by atoms with E-state index in [2.05, 4.69) is 0 Å². The molecule has 0 nitrogen and oxygen atoms in total. The fourth-order valence-electron chi connectivity index (χ4n) is 7.38. The van der Waals surface area contributed by atoms with E-state index in [1.54, 1.807) is 0 Å². The molecule has 3 unspecified atom stereocenters. The van der Waals surface area contributed by atoms with E-state index >= 15 is 4.39 Å². The lowest BCUT2D eigenvalue weighted by Crippen LogP contribution is -2.36. The molecule has 4 saturated carbocycles. The normalized spacial score (nSPS) is 42.4. The largest absolute Gasteiger partial charge is 0.247 e. The maximum Gasteiger partial charge on any atom is 0.103 e. The third kappa shape index (κ3) is 4.44. The highest BCUT2D eigenvalue weighted by molar-refractivity contribution is 4.90. The molecular weight excluding hydrogens is 307 g/mol. The lowest BCUT2D eigenvalue weighted by Gasteiger charge is -2.43. The van der Waals surface area contributed by atoms with Crippen LogP contribution >= 0.6 is 0 Å². The van der Waals surface area contributed by atoms with Gasteiger partial charge >= 0.3 is 0 Å². The highest BCUT2D eigenvalue weighted by Gasteiger charge is 2.39. The van der Waals surface area contributed by atoms with E-state index in [1.807, 2.05) is 0 Å². The number of halogens is 1. The quantitative estimate of drug-likeness (QED) is 0.490. The van der Waals surface area contributed by atoms with Gasteiger partial charge in [-0.2, -0.15) is 0 Å². The first kappa shape index (κ1) is 18.3. The second kappa shape index (κ2) is 8.75. The van der Waals surface area contributed by atoms with Crippen molar-refractivity contribution >= 4 is 0 Å². The van der Waals surface area contributed by atoms with Crippen molar-refractivity contribution in [3.63, 3.8) is 0 Å². The van der Waals surface area contributed by atoms with Crippen LogP contribution in [-0.2, 0) is 0 Å². The van der Waals surface area contributed by atoms with Crippen LogP contribution in [0.25, 0.3) is 0 Å². The van der Waals surface area contributed by atoms with Crippen molar-refractivity contribution in [3.05, 3.63) is 0 Å². The molecule has 0 spiro atoms. The van der Waals surface area contributed by atoms with Gasteiger partial charge in [0.05, 0.1) is 0 Å². The van der Waals surface area contributed by atoms with Crippen molar-refractivity contribution < 1.29 is 4.39 Å². The minimum Gasteiger partial charge on any atom is -0.247 e. The predicted octanol–water partition coefficient (Wildman–Crippen LogP) is 7.71. The van der Waals surface area contributed by atoms with Crippen LogP contribution in [-0.4, -0.2) is 6.17 Å². The third-order valence-electron chi connectivity index (χ3n) is 8.92. The summed E-state index contributed by atoms with van der Waals surface area (Å²) < 4.78 is 15.0. The minimum atomic E-state index is -0.474. The Labute approximate surface area is 155 Å². The molecule has 0 bridgehead atoms. The molecule has 4 fully saturated rings. The van der Waals surface area contributed by atoms with Crippen LogP contribution in [0.3, 0.4) is 0 Å². The highest BCUT2D eigenvalue weighted by atomic mass is 19.1. The summed E-state index contributed by atoms with van der Waals surface area (Å²) in [7, 11) is 0. The van der Waals surface area contributed by atoms with Crippen LogP contribution in [0.5, 0.6) is 0 Å². The molecule has 25 heavy (non-hydrogen) atoms. The summed E-state index contributed by atoms with van der Waals surface area (Å²) in [5.41, 5.74) is 0. The van der Waals surface area contributed by atoms with Crippen molar-refractivity contribution in [2.45, 2.75) is 115 Å². The number of alkyl halides is 1. The van der Waals surface area contributed by atoms with Gasteiger partial charge in [-0.05, 0) is 80.5 Å². The molecule has 0 saturated heterocycles. The molecule has 0 aromatic heterocycles. The van der Waals surface area contributed by atoms with Crippen molar-refractivity contribution in [1.82, 2.24) is 0 Å². The Morgan fingerprint density at radius 1 is 0.400 bits per heavy atom. The maximum absolute atomic E-state index is 15.0. The first-order valence-electron chi connectivity index (χ1n) is 12.0. The van der Waals surface area contributed by atoms with Crippen molar-refractivity contribution in [2.24, 2.45) is 35.5 Å². The zero-order valence-corrected chi connectivity index (χ0v) is 16.4. The Balaban J connectivity index is 1.24. The van der Waals surface area contributed by atoms with E-state index in [0.717, 1.165) is 36.0 Å². The lowest BCUT2D eigenvalue weighted by atomic mass is 9.63. The highest BCUT2D eigenvalue weighted by Crippen LogP contribution is 2.48. The van der Waals surface area contributed by atoms with E-state index in [1.165, 1.54) is 103 Å². The Morgan fingerprint density at radius 3 is 1.40 bits per heavy atom. The number of rotatable bonds is 3. The van der Waals surface area contributed by atoms with Crippen LogP contribution in [0.1, 0.15) is 109 Å². The maximum atomic E-state index is 15.0. The summed E-state index contributed by atoms with van der Waals surface area (Å²) in [4.78, 5) is 0. The first-order chi connectivity index (χ1) is 12.3. The molecule has 144 valence electrons. The van der Waals surface area contributed by atoms with Gasteiger partial charge in [-0.3, -0.25) is 0 Å². The average molecular weight is 349 g/mol. The molecule has 0 radical (unpaired) electrons. The van der Waals surface area contributed by atoms with Gasteiger partial charge < -0.3 is 0 Å². The number of hydrogen-bond acceptors (Lipinski definition) is 0. The van der Waals surface area contributed by atoms with Gasteiger partial charge in [0.2, 0.25) is 0 Å². The van der Waals surface area contributed by atoms with Gasteiger partial charge in [-0.15, -0.1) is 0 Å². The van der Waals surface area contributed by atoms with Crippen LogP contribution in [0.2, 0.25) is 0 Å². The zero-order chi connectivity index (χ0) is 17.1. The number of hydrogen-bond donors (Lipinski definition) is 0. The molecule has 4 aliphatic rings. The summed E-state index contributed by atoms with van der Waals surface area (Å²) in [5, 5.41) is 0. The van der Waals surface area contributed by atoms with Gasteiger partial charge in [-0.25, -0.2) is 4.39 Å². The van der Waals surface area contributed by atoms with E-state index in [-0.39, 0.29) is 0 Å². The average Bonchev–Trinajstić information content (AvgIpc) is 2.69. The SMILES string of the molecule is FC1CC(C2CCC(C3CCCCC3)CC2)CCC1C1CCCCC1. The summed E-state index contributed by atoms with van der Waals surface area (Å²) >= 11 is 0. The van der Waals surface area contributed by atoms with Gasteiger partial charge in [-0.1, -0.05) is 64.2 Å². The molecule has 0 N–H and O–H groups in total. The molecule has 4 aliphatic carbocycles.